The molecule has 1 aromatic heterocycles. The van der Waals surface area contributed by atoms with Crippen LogP contribution in [0.1, 0.15) is 27.3 Å². The van der Waals surface area contributed by atoms with Gasteiger partial charge in [0.25, 0.3) is 0 Å². The van der Waals surface area contributed by atoms with Gasteiger partial charge in [0.05, 0.1) is 0 Å². The van der Waals surface area contributed by atoms with Crippen LogP contribution in [-0.4, -0.2) is 27.5 Å². The lowest BCUT2D eigenvalue weighted by Crippen LogP contribution is -2.30. The number of benzene rings is 1. The first-order valence-electron chi connectivity index (χ1n) is 6.54. The number of nitrogens with zero attached hydrogens (tertiary/aromatic N) is 3. The molecule has 0 unspecified atom stereocenters. The summed E-state index contributed by atoms with van der Waals surface area (Å²) in [5, 5.41) is 4.27. The number of aromatic nitrogens is 2. The van der Waals surface area contributed by atoms with E-state index in [4.69, 9.17) is 0 Å². The summed E-state index contributed by atoms with van der Waals surface area (Å²) in [5.74, 6) is 0. The Morgan fingerprint density at radius 2 is 2.11 bits per heavy atom. The molecular weight excluding hydrogens is 238 g/mol. The molecule has 1 aromatic carbocycles. The highest BCUT2D eigenvalue weighted by atomic mass is 16.1. The third-order valence-electron chi connectivity index (χ3n) is 3.71. The van der Waals surface area contributed by atoms with E-state index in [0.717, 1.165) is 37.9 Å². The van der Waals surface area contributed by atoms with Crippen molar-refractivity contribution >= 4 is 6.29 Å². The first-order chi connectivity index (χ1) is 9.28. The average molecular weight is 255 g/mol. The van der Waals surface area contributed by atoms with Crippen LogP contribution in [0.3, 0.4) is 0 Å². The smallest absolute Gasteiger partial charge is 0.170 e. The van der Waals surface area contributed by atoms with Crippen LogP contribution >= 0.6 is 0 Å². The van der Waals surface area contributed by atoms with Crippen molar-refractivity contribution in [1.29, 1.82) is 0 Å². The summed E-state index contributed by atoms with van der Waals surface area (Å²) in [6, 6.07) is 10.4. The zero-order valence-electron chi connectivity index (χ0n) is 11.0. The number of aldehydes is 1. The second kappa shape index (κ2) is 4.97. The Hall–Kier alpha value is -1.94. The Labute approximate surface area is 112 Å². The van der Waals surface area contributed by atoms with Crippen LogP contribution in [0.5, 0.6) is 0 Å². The van der Waals surface area contributed by atoms with Gasteiger partial charge in [-0.25, -0.2) is 0 Å². The van der Waals surface area contributed by atoms with Crippen LogP contribution < -0.4 is 0 Å². The highest BCUT2D eigenvalue weighted by Crippen LogP contribution is 2.22. The number of aryl methyl sites for hydroxylation is 1. The average Bonchev–Trinajstić information content (AvgIpc) is 2.76. The molecule has 2 heterocycles. The van der Waals surface area contributed by atoms with E-state index in [1.807, 2.05) is 17.8 Å². The number of carbonyl (C=O) groups is 1. The van der Waals surface area contributed by atoms with Crippen molar-refractivity contribution in [3.05, 3.63) is 52.8 Å². The SMILES string of the molecule is Cn1nc(C=O)c2c1CCN(Cc1ccccc1)C2. The summed E-state index contributed by atoms with van der Waals surface area (Å²) < 4.78 is 1.85. The van der Waals surface area contributed by atoms with Crippen molar-refractivity contribution in [2.24, 2.45) is 7.05 Å². The molecule has 19 heavy (non-hydrogen) atoms. The van der Waals surface area contributed by atoms with E-state index in [1.54, 1.807) is 0 Å². The Balaban J connectivity index is 1.80. The topological polar surface area (TPSA) is 38.1 Å². The second-order valence-corrected chi connectivity index (χ2v) is 5.00. The van der Waals surface area contributed by atoms with Gasteiger partial charge in [0.2, 0.25) is 0 Å². The molecule has 0 aliphatic carbocycles. The van der Waals surface area contributed by atoms with Gasteiger partial charge in [-0.15, -0.1) is 0 Å². The minimum absolute atomic E-state index is 0.593. The third kappa shape index (κ3) is 2.31. The monoisotopic (exact) mass is 255 g/mol. The Morgan fingerprint density at radius 3 is 2.84 bits per heavy atom. The molecule has 0 spiro atoms. The quantitative estimate of drug-likeness (QED) is 0.785. The predicted molar refractivity (Wildman–Crippen MR) is 72.9 cm³/mol. The molecule has 0 saturated carbocycles. The molecule has 98 valence electrons. The lowest BCUT2D eigenvalue weighted by atomic mass is 10.0. The standard InChI is InChI=1S/C15H17N3O/c1-17-15-7-8-18(9-12-5-3-2-4-6-12)10-13(15)14(11-19)16-17/h2-6,11H,7-10H2,1H3. The Morgan fingerprint density at radius 1 is 1.32 bits per heavy atom. The normalized spacial score (nSPS) is 15.2. The maximum absolute atomic E-state index is 11.1. The molecule has 4 heteroatoms. The maximum atomic E-state index is 11.1. The highest BCUT2D eigenvalue weighted by molar-refractivity contribution is 5.74. The predicted octanol–water partition coefficient (Wildman–Crippen LogP) is 1.79. The van der Waals surface area contributed by atoms with Crippen LogP contribution in [0, 0.1) is 0 Å². The number of hydrogen-bond donors (Lipinski definition) is 0. The van der Waals surface area contributed by atoms with Gasteiger partial charge in [0.15, 0.2) is 6.29 Å². The molecule has 0 saturated heterocycles. The van der Waals surface area contributed by atoms with E-state index in [1.165, 1.54) is 11.3 Å². The minimum Gasteiger partial charge on any atom is -0.296 e. The summed E-state index contributed by atoms with van der Waals surface area (Å²) in [6.07, 6.45) is 1.82. The van der Waals surface area contributed by atoms with Gasteiger partial charge in [-0.05, 0) is 5.56 Å². The van der Waals surface area contributed by atoms with Gasteiger partial charge >= 0.3 is 0 Å². The fraction of sp³-hybridized carbons (Fsp3) is 0.333. The van der Waals surface area contributed by atoms with E-state index >= 15 is 0 Å². The van der Waals surface area contributed by atoms with Gasteiger partial charge in [0, 0.05) is 44.4 Å². The lowest BCUT2D eigenvalue weighted by molar-refractivity contribution is 0.111. The number of hydrogen-bond acceptors (Lipinski definition) is 3. The van der Waals surface area contributed by atoms with Gasteiger partial charge in [0.1, 0.15) is 5.69 Å². The summed E-state index contributed by atoms with van der Waals surface area (Å²) in [4.78, 5) is 13.4. The van der Waals surface area contributed by atoms with Crippen molar-refractivity contribution < 1.29 is 4.79 Å². The van der Waals surface area contributed by atoms with E-state index < -0.39 is 0 Å². The Bertz CT molecular complexity index is 589. The van der Waals surface area contributed by atoms with E-state index in [9.17, 15) is 4.79 Å². The summed E-state index contributed by atoms with van der Waals surface area (Å²) in [6.45, 7) is 2.75. The maximum Gasteiger partial charge on any atom is 0.170 e. The van der Waals surface area contributed by atoms with E-state index in [-0.39, 0.29) is 0 Å². The minimum atomic E-state index is 0.593. The molecule has 1 aliphatic heterocycles. The number of rotatable bonds is 3. The van der Waals surface area contributed by atoms with Gasteiger partial charge in [-0.1, -0.05) is 30.3 Å². The largest absolute Gasteiger partial charge is 0.296 e. The molecule has 4 nitrogen and oxygen atoms in total. The lowest BCUT2D eigenvalue weighted by Gasteiger charge is -2.27. The summed E-state index contributed by atoms with van der Waals surface area (Å²) in [7, 11) is 1.92. The van der Waals surface area contributed by atoms with Gasteiger partial charge < -0.3 is 0 Å². The molecule has 0 bridgehead atoms. The number of fused-ring (bicyclic) bond motifs is 1. The van der Waals surface area contributed by atoms with Crippen molar-refractivity contribution in [2.75, 3.05) is 6.54 Å². The molecule has 0 N–H and O–H groups in total. The second-order valence-electron chi connectivity index (χ2n) is 5.00. The van der Waals surface area contributed by atoms with E-state index in [0.29, 0.717) is 5.69 Å². The van der Waals surface area contributed by atoms with Crippen molar-refractivity contribution in [2.45, 2.75) is 19.5 Å². The molecule has 0 amide bonds. The molecule has 3 rings (SSSR count). The van der Waals surface area contributed by atoms with Crippen molar-refractivity contribution in [1.82, 2.24) is 14.7 Å². The van der Waals surface area contributed by atoms with Gasteiger partial charge in [-0.3, -0.25) is 14.4 Å². The fourth-order valence-corrected chi connectivity index (χ4v) is 2.75. The molecule has 2 aromatic rings. The first kappa shape index (κ1) is 12.1. The van der Waals surface area contributed by atoms with Crippen LogP contribution in [0.15, 0.2) is 30.3 Å². The van der Waals surface area contributed by atoms with Gasteiger partial charge in [-0.2, -0.15) is 5.10 Å². The summed E-state index contributed by atoms with van der Waals surface area (Å²) in [5.41, 5.74) is 4.20. The van der Waals surface area contributed by atoms with Crippen LogP contribution in [-0.2, 0) is 26.6 Å². The zero-order chi connectivity index (χ0) is 13.2. The van der Waals surface area contributed by atoms with E-state index in [2.05, 4.69) is 34.3 Å². The summed E-state index contributed by atoms with van der Waals surface area (Å²) >= 11 is 0. The molecular formula is C15H17N3O. The van der Waals surface area contributed by atoms with Crippen LogP contribution in [0.4, 0.5) is 0 Å². The van der Waals surface area contributed by atoms with Crippen LogP contribution in [0.2, 0.25) is 0 Å². The van der Waals surface area contributed by atoms with Crippen molar-refractivity contribution in [3.63, 3.8) is 0 Å². The molecule has 0 radical (unpaired) electrons. The molecule has 0 fully saturated rings. The number of carbonyl (C=O) groups excluding carboxylic acids is 1. The third-order valence-corrected chi connectivity index (χ3v) is 3.71. The Kier molecular flexibility index (Phi) is 3.17. The van der Waals surface area contributed by atoms with Crippen LogP contribution in [0.25, 0.3) is 0 Å². The highest BCUT2D eigenvalue weighted by Gasteiger charge is 2.23. The molecule has 0 atom stereocenters. The van der Waals surface area contributed by atoms with Crippen molar-refractivity contribution in [3.8, 4) is 0 Å². The molecule has 1 aliphatic rings. The zero-order valence-corrected chi connectivity index (χ0v) is 11.0. The first-order valence-corrected chi connectivity index (χ1v) is 6.54. The fourth-order valence-electron chi connectivity index (χ4n) is 2.75.